The number of hydrogen-bond acceptors (Lipinski definition) is 4. The second-order valence-corrected chi connectivity index (χ2v) is 11.1. The van der Waals surface area contributed by atoms with Crippen molar-refractivity contribution in [1.29, 1.82) is 0 Å². The second kappa shape index (κ2) is 10.2. The van der Waals surface area contributed by atoms with Crippen LogP contribution in [0.25, 0.3) is 83.3 Å². The van der Waals surface area contributed by atoms with Crippen LogP contribution in [0.2, 0.25) is 0 Å². The zero-order chi connectivity index (χ0) is 29.7. The van der Waals surface area contributed by atoms with E-state index in [0.717, 1.165) is 83.3 Å². The van der Waals surface area contributed by atoms with Gasteiger partial charge in [0.25, 0.3) is 0 Å². The molecule has 0 saturated heterocycles. The number of nitrogens with zero attached hydrogens (tertiary/aromatic N) is 5. The molecule has 0 aliphatic heterocycles. The molecular formula is C40H25N5. The van der Waals surface area contributed by atoms with E-state index >= 15 is 0 Å². The van der Waals surface area contributed by atoms with Crippen molar-refractivity contribution in [2.75, 3.05) is 0 Å². The number of aromatic nitrogens is 5. The third-order valence-corrected chi connectivity index (χ3v) is 8.45. The van der Waals surface area contributed by atoms with Gasteiger partial charge in [-0.2, -0.15) is 0 Å². The fourth-order valence-corrected chi connectivity index (χ4v) is 6.33. The van der Waals surface area contributed by atoms with E-state index in [1.807, 2.05) is 42.5 Å². The molecule has 0 N–H and O–H groups in total. The van der Waals surface area contributed by atoms with Gasteiger partial charge in [-0.3, -0.25) is 9.55 Å². The molecule has 0 bridgehead atoms. The standard InChI is InChI=1S/C40H25N5/c1-3-10-28(11-4-1)40-44-39-36(45(40)29-12-5-2-6-13-29)24-21-31-30-14-7-8-15-33(30)43-38(37(31)39)27-19-17-26(18-20-27)32-22-23-34-35(42-32)16-9-25-41-34/h1-25H. The molecule has 5 nitrogen and oxygen atoms in total. The maximum Gasteiger partial charge on any atom is 0.145 e. The number of para-hydroxylation sites is 2. The summed E-state index contributed by atoms with van der Waals surface area (Å²) < 4.78 is 2.26. The molecule has 0 saturated carbocycles. The molecular weight excluding hydrogens is 550 g/mol. The summed E-state index contributed by atoms with van der Waals surface area (Å²) in [4.78, 5) is 19.9. The molecule has 4 heterocycles. The van der Waals surface area contributed by atoms with Crippen molar-refractivity contribution in [2.45, 2.75) is 0 Å². The van der Waals surface area contributed by atoms with Crippen LogP contribution in [0.5, 0.6) is 0 Å². The molecule has 9 rings (SSSR count). The summed E-state index contributed by atoms with van der Waals surface area (Å²) in [7, 11) is 0. The molecule has 4 aromatic heterocycles. The van der Waals surface area contributed by atoms with Crippen LogP contribution in [0.4, 0.5) is 0 Å². The molecule has 45 heavy (non-hydrogen) atoms. The van der Waals surface area contributed by atoms with Crippen LogP contribution in [0, 0.1) is 0 Å². The lowest BCUT2D eigenvalue weighted by molar-refractivity contribution is 1.10. The Morgan fingerprint density at radius 1 is 0.444 bits per heavy atom. The number of fused-ring (bicyclic) bond motifs is 6. The summed E-state index contributed by atoms with van der Waals surface area (Å²) in [6.07, 6.45) is 1.79. The van der Waals surface area contributed by atoms with Crippen molar-refractivity contribution >= 4 is 43.7 Å². The minimum atomic E-state index is 0.881. The van der Waals surface area contributed by atoms with Gasteiger partial charge in [0.05, 0.1) is 39.0 Å². The van der Waals surface area contributed by atoms with E-state index in [0.29, 0.717) is 0 Å². The minimum Gasteiger partial charge on any atom is -0.292 e. The van der Waals surface area contributed by atoms with E-state index in [9.17, 15) is 0 Å². The molecule has 9 aromatic rings. The Bertz CT molecular complexity index is 2520. The normalized spacial score (nSPS) is 11.6. The molecule has 0 atom stereocenters. The van der Waals surface area contributed by atoms with Gasteiger partial charge in [0.15, 0.2) is 0 Å². The molecule has 0 spiro atoms. The third-order valence-electron chi connectivity index (χ3n) is 8.45. The summed E-state index contributed by atoms with van der Waals surface area (Å²) in [5, 5.41) is 3.29. The molecule has 0 amide bonds. The Morgan fingerprint density at radius 3 is 2.02 bits per heavy atom. The topological polar surface area (TPSA) is 56.5 Å². The van der Waals surface area contributed by atoms with Crippen molar-refractivity contribution < 1.29 is 0 Å². The summed E-state index contributed by atoms with van der Waals surface area (Å²) >= 11 is 0. The Labute approximate surface area is 259 Å². The smallest absolute Gasteiger partial charge is 0.145 e. The highest BCUT2D eigenvalue weighted by atomic mass is 15.1. The van der Waals surface area contributed by atoms with E-state index in [2.05, 4.69) is 113 Å². The van der Waals surface area contributed by atoms with Crippen molar-refractivity contribution in [3.63, 3.8) is 0 Å². The van der Waals surface area contributed by atoms with Crippen LogP contribution < -0.4 is 0 Å². The van der Waals surface area contributed by atoms with Crippen LogP contribution in [-0.2, 0) is 0 Å². The summed E-state index contributed by atoms with van der Waals surface area (Å²) in [6, 6.07) is 50.1. The van der Waals surface area contributed by atoms with Gasteiger partial charge in [0.1, 0.15) is 5.82 Å². The van der Waals surface area contributed by atoms with Gasteiger partial charge >= 0.3 is 0 Å². The van der Waals surface area contributed by atoms with Crippen LogP contribution in [-0.4, -0.2) is 24.5 Å². The predicted molar refractivity (Wildman–Crippen MR) is 183 cm³/mol. The fourth-order valence-electron chi connectivity index (χ4n) is 6.33. The van der Waals surface area contributed by atoms with Gasteiger partial charge in [-0.25, -0.2) is 15.0 Å². The maximum atomic E-state index is 5.38. The summed E-state index contributed by atoms with van der Waals surface area (Å²) in [5.74, 6) is 0.899. The number of hydrogen-bond donors (Lipinski definition) is 0. The van der Waals surface area contributed by atoms with E-state index in [4.69, 9.17) is 15.0 Å². The first kappa shape index (κ1) is 25.3. The molecule has 0 radical (unpaired) electrons. The quantitative estimate of drug-likeness (QED) is 0.196. The Morgan fingerprint density at radius 2 is 1.18 bits per heavy atom. The zero-order valence-electron chi connectivity index (χ0n) is 24.2. The molecule has 5 heteroatoms. The summed E-state index contributed by atoms with van der Waals surface area (Å²) in [5.41, 5.74) is 10.7. The lowest BCUT2D eigenvalue weighted by Gasteiger charge is -2.12. The monoisotopic (exact) mass is 575 g/mol. The Hall–Kier alpha value is -6.20. The highest BCUT2D eigenvalue weighted by molar-refractivity contribution is 6.20. The lowest BCUT2D eigenvalue weighted by atomic mass is 9.97. The van der Waals surface area contributed by atoms with Crippen LogP contribution in [0.3, 0.4) is 0 Å². The second-order valence-electron chi connectivity index (χ2n) is 11.1. The van der Waals surface area contributed by atoms with Gasteiger partial charge in [0.2, 0.25) is 0 Å². The molecule has 0 aliphatic carbocycles. The van der Waals surface area contributed by atoms with Crippen molar-refractivity contribution in [1.82, 2.24) is 24.5 Å². The summed E-state index contributed by atoms with van der Waals surface area (Å²) in [6.45, 7) is 0. The van der Waals surface area contributed by atoms with E-state index in [1.165, 1.54) is 0 Å². The van der Waals surface area contributed by atoms with E-state index in [1.54, 1.807) is 6.20 Å². The highest BCUT2D eigenvalue weighted by Crippen LogP contribution is 2.40. The third kappa shape index (κ3) is 4.17. The van der Waals surface area contributed by atoms with E-state index in [-0.39, 0.29) is 0 Å². The number of benzene rings is 5. The zero-order valence-corrected chi connectivity index (χ0v) is 24.2. The average molecular weight is 576 g/mol. The predicted octanol–water partition coefficient (Wildman–Crippen LogP) is 9.67. The van der Waals surface area contributed by atoms with Crippen molar-refractivity contribution in [3.8, 4) is 39.6 Å². The van der Waals surface area contributed by atoms with Gasteiger partial charge in [-0.1, -0.05) is 97.1 Å². The van der Waals surface area contributed by atoms with Gasteiger partial charge < -0.3 is 0 Å². The number of imidazole rings is 1. The minimum absolute atomic E-state index is 0.881. The first-order chi connectivity index (χ1) is 22.3. The van der Waals surface area contributed by atoms with Gasteiger partial charge in [0, 0.05) is 39.3 Å². The molecule has 0 aliphatic rings. The average Bonchev–Trinajstić information content (AvgIpc) is 3.52. The maximum absolute atomic E-state index is 5.38. The Kier molecular flexibility index (Phi) is 5.74. The van der Waals surface area contributed by atoms with Crippen molar-refractivity contribution in [3.05, 3.63) is 152 Å². The SMILES string of the molecule is c1ccc(-c2nc3c4c(-c5ccc(-c6ccc7ncccc7n6)cc5)nc5ccccc5c4ccc3n2-c2ccccc2)cc1. The van der Waals surface area contributed by atoms with Crippen LogP contribution >= 0.6 is 0 Å². The highest BCUT2D eigenvalue weighted by Gasteiger charge is 2.20. The lowest BCUT2D eigenvalue weighted by Crippen LogP contribution is -1.97. The van der Waals surface area contributed by atoms with Crippen molar-refractivity contribution in [2.24, 2.45) is 0 Å². The Balaban J connectivity index is 1.31. The fraction of sp³-hybridized carbons (Fsp3) is 0. The van der Waals surface area contributed by atoms with Crippen LogP contribution in [0.15, 0.2) is 152 Å². The largest absolute Gasteiger partial charge is 0.292 e. The molecule has 210 valence electrons. The number of rotatable bonds is 4. The van der Waals surface area contributed by atoms with E-state index < -0.39 is 0 Å². The van der Waals surface area contributed by atoms with Gasteiger partial charge in [-0.15, -0.1) is 0 Å². The first-order valence-corrected chi connectivity index (χ1v) is 15.0. The van der Waals surface area contributed by atoms with Gasteiger partial charge in [-0.05, 0) is 53.9 Å². The van der Waals surface area contributed by atoms with Crippen LogP contribution in [0.1, 0.15) is 0 Å². The first-order valence-electron chi connectivity index (χ1n) is 15.0. The molecule has 0 unspecified atom stereocenters. The molecule has 5 aromatic carbocycles. The number of pyridine rings is 3. The molecule has 0 fully saturated rings.